The topological polar surface area (TPSA) is 72.2 Å². The lowest BCUT2D eigenvalue weighted by molar-refractivity contribution is 0.198. The van der Waals surface area contributed by atoms with Gasteiger partial charge in [0.05, 0.1) is 13.2 Å². The number of aromatic nitrogens is 2. The number of methoxy groups -OCH3 is 1. The van der Waals surface area contributed by atoms with Crippen LogP contribution in [-0.4, -0.2) is 36.5 Å². The maximum atomic E-state index is 5.58. The van der Waals surface area contributed by atoms with E-state index in [1.54, 1.807) is 7.11 Å². The normalized spacial score (nSPS) is 19.1. The van der Waals surface area contributed by atoms with Crippen molar-refractivity contribution in [2.24, 2.45) is 5.41 Å². The van der Waals surface area contributed by atoms with Crippen molar-refractivity contribution in [1.82, 2.24) is 15.5 Å². The van der Waals surface area contributed by atoms with Crippen molar-refractivity contribution in [2.45, 2.75) is 52.1 Å². The quantitative estimate of drug-likeness (QED) is 0.747. The first-order valence-corrected chi connectivity index (χ1v) is 7.38. The van der Waals surface area contributed by atoms with Crippen LogP contribution in [0.3, 0.4) is 0 Å². The largest absolute Gasteiger partial charge is 0.407 e. The summed E-state index contributed by atoms with van der Waals surface area (Å²) in [5, 5.41) is 14.6. The Kier molecular flexibility index (Phi) is 5.37. The van der Waals surface area contributed by atoms with E-state index in [-0.39, 0.29) is 0 Å². The molecule has 0 bridgehead atoms. The number of nitrogens with zero attached hydrogens (tertiary/aromatic N) is 2. The maximum absolute atomic E-state index is 5.58. The molecule has 20 heavy (non-hydrogen) atoms. The Morgan fingerprint density at radius 3 is 2.75 bits per heavy atom. The van der Waals surface area contributed by atoms with Gasteiger partial charge in [-0.25, -0.2) is 0 Å². The molecular formula is C14H26N4O2. The molecule has 1 aromatic rings. The Morgan fingerprint density at radius 2 is 2.05 bits per heavy atom. The molecule has 0 spiro atoms. The molecule has 2 rings (SSSR count). The summed E-state index contributed by atoms with van der Waals surface area (Å²) in [4.78, 5) is 0. The Hall–Kier alpha value is -1.14. The summed E-state index contributed by atoms with van der Waals surface area (Å²) in [5.74, 6) is 0.611. The molecule has 6 heteroatoms. The van der Waals surface area contributed by atoms with Crippen molar-refractivity contribution < 1.29 is 9.15 Å². The Bertz CT molecular complexity index is 396. The lowest BCUT2D eigenvalue weighted by Crippen LogP contribution is -2.29. The zero-order valence-corrected chi connectivity index (χ0v) is 12.7. The highest BCUT2D eigenvalue weighted by Crippen LogP contribution is 2.35. The molecule has 1 aliphatic carbocycles. The van der Waals surface area contributed by atoms with E-state index in [0.29, 0.717) is 36.5 Å². The third-order valence-electron chi connectivity index (χ3n) is 3.89. The van der Waals surface area contributed by atoms with E-state index in [0.717, 1.165) is 19.4 Å². The zero-order valence-electron chi connectivity index (χ0n) is 12.7. The van der Waals surface area contributed by atoms with Gasteiger partial charge in [0.2, 0.25) is 5.89 Å². The van der Waals surface area contributed by atoms with E-state index in [9.17, 15) is 0 Å². The third-order valence-corrected chi connectivity index (χ3v) is 3.89. The molecule has 0 radical (unpaired) electrons. The highest BCUT2D eigenvalue weighted by Gasteiger charge is 2.27. The van der Waals surface area contributed by atoms with Crippen molar-refractivity contribution in [3.05, 3.63) is 5.89 Å². The van der Waals surface area contributed by atoms with E-state index in [1.165, 1.54) is 12.8 Å². The van der Waals surface area contributed by atoms with Crippen molar-refractivity contribution >= 4 is 6.01 Å². The van der Waals surface area contributed by atoms with E-state index in [1.807, 2.05) is 0 Å². The van der Waals surface area contributed by atoms with Crippen LogP contribution in [0, 0.1) is 5.41 Å². The fourth-order valence-electron chi connectivity index (χ4n) is 2.47. The van der Waals surface area contributed by atoms with Crippen LogP contribution in [0.15, 0.2) is 4.42 Å². The number of hydrogen-bond donors (Lipinski definition) is 2. The average Bonchev–Trinajstić information content (AvgIpc) is 2.85. The molecule has 0 saturated heterocycles. The summed E-state index contributed by atoms with van der Waals surface area (Å²) in [6, 6.07) is 0.996. The molecule has 1 aromatic heterocycles. The minimum atomic E-state index is 0.456. The van der Waals surface area contributed by atoms with E-state index in [2.05, 4.69) is 34.7 Å². The van der Waals surface area contributed by atoms with Gasteiger partial charge >= 0.3 is 6.01 Å². The second kappa shape index (κ2) is 7.04. The predicted octanol–water partition coefficient (Wildman–Crippen LogP) is 2.19. The van der Waals surface area contributed by atoms with Gasteiger partial charge in [-0.2, -0.15) is 0 Å². The SMILES string of the molecule is COCCNCc1nnc(NC2CCC(C)(C)CC2)o1. The minimum absolute atomic E-state index is 0.456. The fourth-order valence-corrected chi connectivity index (χ4v) is 2.47. The molecule has 0 atom stereocenters. The Balaban J connectivity index is 1.73. The first-order chi connectivity index (χ1) is 9.59. The van der Waals surface area contributed by atoms with Gasteiger partial charge in [0.25, 0.3) is 0 Å². The van der Waals surface area contributed by atoms with Gasteiger partial charge in [-0.1, -0.05) is 18.9 Å². The molecule has 6 nitrogen and oxygen atoms in total. The molecule has 0 aromatic carbocycles. The molecule has 1 saturated carbocycles. The highest BCUT2D eigenvalue weighted by molar-refractivity contribution is 5.19. The van der Waals surface area contributed by atoms with Gasteiger partial charge in [0.1, 0.15) is 0 Å². The average molecular weight is 282 g/mol. The fraction of sp³-hybridized carbons (Fsp3) is 0.857. The van der Waals surface area contributed by atoms with Gasteiger partial charge in [-0.05, 0) is 31.1 Å². The molecule has 1 heterocycles. The standard InChI is InChI=1S/C14H26N4O2/c1-14(2)6-4-11(5-7-14)16-13-18-17-12(20-13)10-15-8-9-19-3/h11,15H,4-10H2,1-3H3,(H,16,18). The van der Waals surface area contributed by atoms with Crippen LogP contribution in [0.4, 0.5) is 6.01 Å². The summed E-state index contributed by atoms with van der Waals surface area (Å²) in [5.41, 5.74) is 0.476. The molecule has 1 fully saturated rings. The lowest BCUT2D eigenvalue weighted by Gasteiger charge is -2.34. The number of anilines is 1. The monoisotopic (exact) mass is 282 g/mol. The highest BCUT2D eigenvalue weighted by atomic mass is 16.5. The van der Waals surface area contributed by atoms with E-state index < -0.39 is 0 Å². The maximum Gasteiger partial charge on any atom is 0.315 e. The first-order valence-electron chi connectivity index (χ1n) is 7.38. The van der Waals surface area contributed by atoms with Gasteiger partial charge in [0.15, 0.2) is 0 Å². The Labute approximate surface area is 120 Å². The number of rotatable bonds is 7. The predicted molar refractivity (Wildman–Crippen MR) is 77.5 cm³/mol. The van der Waals surface area contributed by atoms with Crippen LogP contribution < -0.4 is 10.6 Å². The van der Waals surface area contributed by atoms with Gasteiger partial charge in [-0.3, -0.25) is 0 Å². The van der Waals surface area contributed by atoms with E-state index >= 15 is 0 Å². The minimum Gasteiger partial charge on any atom is -0.407 e. The van der Waals surface area contributed by atoms with Crippen LogP contribution in [0.25, 0.3) is 0 Å². The molecule has 0 aliphatic heterocycles. The number of nitrogens with one attached hydrogen (secondary N) is 2. The summed E-state index contributed by atoms with van der Waals surface area (Å²) >= 11 is 0. The molecule has 1 aliphatic rings. The summed E-state index contributed by atoms with van der Waals surface area (Å²) in [6.45, 7) is 6.70. The number of ether oxygens (including phenoxy) is 1. The van der Waals surface area contributed by atoms with Crippen molar-refractivity contribution in [1.29, 1.82) is 0 Å². The van der Waals surface area contributed by atoms with Gasteiger partial charge < -0.3 is 19.8 Å². The van der Waals surface area contributed by atoms with Crippen molar-refractivity contribution in [3.8, 4) is 0 Å². The summed E-state index contributed by atoms with van der Waals surface area (Å²) in [6.07, 6.45) is 4.81. The Morgan fingerprint density at radius 1 is 1.30 bits per heavy atom. The van der Waals surface area contributed by atoms with E-state index in [4.69, 9.17) is 9.15 Å². The smallest absolute Gasteiger partial charge is 0.315 e. The zero-order chi connectivity index (χ0) is 14.4. The molecule has 0 unspecified atom stereocenters. The third kappa shape index (κ3) is 4.76. The van der Waals surface area contributed by atoms with Crippen LogP contribution >= 0.6 is 0 Å². The molecule has 0 amide bonds. The summed E-state index contributed by atoms with van der Waals surface area (Å²) in [7, 11) is 1.68. The van der Waals surface area contributed by atoms with Crippen LogP contribution in [-0.2, 0) is 11.3 Å². The summed E-state index contributed by atoms with van der Waals surface area (Å²) < 4.78 is 10.5. The lowest BCUT2D eigenvalue weighted by atomic mass is 9.76. The van der Waals surface area contributed by atoms with Crippen molar-refractivity contribution in [2.75, 3.05) is 25.6 Å². The number of hydrogen-bond acceptors (Lipinski definition) is 6. The van der Waals surface area contributed by atoms with Gasteiger partial charge in [0, 0.05) is 19.7 Å². The van der Waals surface area contributed by atoms with Crippen LogP contribution in [0.2, 0.25) is 0 Å². The van der Waals surface area contributed by atoms with Crippen LogP contribution in [0.1, 0.15) is 45.4 Å². The first kappa shape index (κ1) is 15.3. The molecule has 2 N–H and O–H groups in total. The van der Waals surface area contributed by atoms with Crippen molar-refractivity contribution in [3.63, 3.8) is 0 Å². The molecular weight excluding hydrogens is 256 g/mol. The second-order valence-corrected chi connectivity index (χ2v) is 6.25. The second-order valence-electron chi connectivity index (χ2n) is 6.25. The van der Waals surface area contributed by atoms with Gasteiger partial charge in [-0.15, -0.1) is 5.10 Å². The van der Waals surface area contributed by atoms with Crippen LogP contribution in [0.5, 0.6) is 0 Å². The molecule has 114 valence electrons.